The van der Waals surface area contributed by atoms with Crippen LogP contribution >= 0.6 is 0 Å². The van der Waals surface area contributed by atoms with E-state index < -0.39 is 12.1 Å². The third-order valence-electron chi connectivity index (χ3n) is 1.45. The minimum Gasteiger partial charge on any atom is -0.465 e. The summed E-state index contributed by atoms with van der Waals surface area (Å²) in [5.41, 5.74) is 0. The zero-order chi connectivity index (χ0) is 8.27. The lowest BCUT2D eigenvalue weighted by atomic mass is 10.1. The van der Waals surface area contributed by atoms with Gasteiger partial charge in [-0.05, 0) is 6.42 Å². The van der Waals surface area contributed by atoms with Crippen molar-refractivity contribution in [3.63, 3.8) is 0 Å². The number of hydrogen-bond acceptors (Lipinski definition) is 4. The Morgan fingerprint density at radius 2 is 2.55 bits per heavy atom. The molecule has 1 aliphatic heterocycles. The number of rotatable bonds is 2. The van der Waals surface area contributed by atoms with Crippen LogP contribution in [0, 0.1) is 5.92 Å². The molecule has 0 aromatic carbocycles. The van der Waals surface area contributed by atoms with Crippen molar-refractivity contribution in [1.29, 1.82) is 0 Å². The summed E-state index contributed by atoms with van der Waals surface area (Å²) < 4.78 is 8.80. The molecule has 1 unspecified atom stereocenters. The van der Waals surface area contributed by atoms with E-state index in [4.69, 9.17) is 5.11 Å². The lowest BCUT2D eigenvalue weighted by molar-refractivity contribution is -0.142. The molecule has 1 saturated heterocycles. The summed E-state index contributed by atoms with van der Waals surface area (Å²) in [6.45, 7) is 0.278. The molecule has 0 amide bonds. The van der Waals surface area contributed by atoms with Gasteiger partial charge in [-0.2, -0.15) is 0 Å². The van der Waals surface area contributed by atoms with Crippen LogP contribution in [0.1, 0.15) is 6.42 Å². The fraction of sp³-hybridized carbons (Fsp3) is 0.667. The van der Waals surface area contributed by atoms with E-state index >= 15 is 0 Å². The molecule has 0 aromatic rings. The number of ether oxygens (including phenoxy) is 2. The quantitative estimate of drug-likeness (QED) is 0.586. The molecular formula is C6H8O5. The second-order valence-corrected chi connectivity index (χ2v) is 2.23. The van der Waals surface area contributed by atoms with Gasteiger partial charge in [-0.3, -0.25) is 4.79 Å². The van der Waals surface area contributed by atoms with Crippen LogP contribution in [0.3, 0.4) is 0 Å². The highest BCUT2D eigenvalue weighted by Crippen LogP contribution is 2.14. The van der Waals surface area contributed by atoms with Crippen molar-refractivity contribution < 1.29 is 24.2 Å². The Balaban J connectivity index is 2.26. The molecule has 1 fully saturated rings. The van der Waals surface area contributed by atoms with Crippen LogP contribution in [-0.2, 0) is 14.3 Å². The molecule has 0 radical (unpaired) electrons. The molecular weight excluding hydrogens is 152 g/mol. The Labute approximate surface area is 62.9 Å². The summed E-state index contributed by atoms with van der Waals surface area (Å²) in [4.78, 5) is 20.6. The number of cyclic esters (lactones) is 1. The second-order valence-electron chi connectivity index (χ2n) is 2.23. The monoisotopic (exact) mass is 160 g/mol. The van der Waals surface area contributed by atoms with E-state index in [9.17, 15) is 9.59 Å². The number of esters is 1. The molecule has 0 spiro atoms. The molecule has 1 aliphatic rings. The molecule has 5 heteroatoms. The van der Waals surface area contributed by atoms with Crippen molar-refractivity contribution in [3.05, 3.63) is 0 Å². The Hall–Kier alpha value is -1.26. The topological polar surface area (TPSA) is 72.8 Å². The van der Waals surface area contributed by atoms with Gasteiger partial charge in [0.1, 0.15) is 6.61 Å². The third kappa shape index (κ3) is 2.10. The predicted molar refractivity (Wildman–Crippen MR) is 33.0 cm³/mol. The minimum atomic E-state index is -1.36. The molecule has 0 aromatic heterocycles. The molecule has 11 heavy (non-hydrogen) atoms. The van der Waals surface area contributed by atoms with Crippen molar-refractivity contribution in [1.82, 2.24) is 0 Å². The maximum Gasteiger partial charge on any atom is 0.505 e. The van der Waals surface area contributed by atoms with Crippen LogP contribution < -0.4 is 0 Å². The average Bonchev–Trinajstić information content (AvgIpc) is 2.31. The van der Waals surface area contributed by atoms with E-state index in [1.54, 1.807) is 0 Å². The SMILES string of the molecule is O=C(O)OCC1CCOC1=O. The van der Waals surface area contributed by atoms with E-state index in [2.05, 4.69) is 9.47 Å². The highest BCUT2D eigenvalue weighted by atomic mass is 16.7. The summed E-state index contributed by atoms with van der Waals surface area (Å²) in [6, 6.07) is 0. The van der Waals surface area contributed by atoms with Crippen LogP contribution in [0.25, 0.3) is 0 Å². The normalized spacial score (nSPS) is 22.9. The maximum absolute atomic E-state index is 10.7. The molecule has 1 N–H and O–H groups in total. The van der Waals surface area contributed by atoms with E-state index in [0.29, 0.717) is 13.0 Å². The van der Waals surface area contributed by atoms with Gasteiger partial charge in [0.2, 0.25) is 0 Å². The predicted octanol–water partition coefficient (Wildman–Crippen LogP) is 0.244. The highest BCUT2D eigenvalue weighted by Gasteiger charge is 2.27. The Morgan fingerprint density at radius 3 is 3.00 bits per heavy atom. The van der Waals surface area contributed by atoms with Crippen LogP contribution in [0.15, 0.2) is 0 Å². The van der Waals surface area contributed by atoms with Gasteiger partial charge < -0.3 is 14.6 Å². The smallest absolute Gasteiger partial charge is 0.465 e. The lowest BCUT2D eigenvalue weighted by Gasteiger charge is -2.02. The number of carbonyl (C=O) groups excluding carboxylic acids is 1. The van der Waals surface area contributed by atoms with Gasteiger partial charge in [-0.1, -0.05) is 0 Å². The third-order valence-corrected chi connectivity index (χ3v) is 1.45. The Morgan fingerprint density at radius 1 is 1.82 bits per heavy atom. The first-order chi connectivity index (χ1) is 5.20. The van der Waals surface area contributed by atoms with Gasteiger partial charge in [0, 0.05) is 0 Å². The molecule has 5 nitrogen and oxygen atoms in total. The molecule has 62 valence electrons. The summed E-state index contributed by atoms with van der Waals surface area (Å²) >= 11 is 0. The molecule has 1 atom stereocenters. The number of carboxylic acid groups (broad SMARTS) is 1. The van der Waals surface area contributed by atoms with E-state index in [1.165, 1.54) is 0 Å². The van der Waals surface area contributed by atoms with Crippen molar-refractivity contribution in [2.24, 2.45) is 5.92 Å². The van der Waals surface area contributed by atoms with E-state index in [1.807, 2.05) is 0 Å². The van der Waals surface area contributed by atoms with Crippen molar-refractivity contribution >= 4 is 12.1 Å². The average molecular weight is 160 g/mol. The van der Waals surface area contributed by atoms with Crippen molar-refractivity contribution in [3.8, 4) is 0 Å². The van der Waals surface area contributed by atoms with Crippen LogP contribution in [0.2, 0.25) is 0 Å². The van der Waals surface area contributed by atoms with Gasteiger partial charge in [0.05, 0.1) is 12.5 Å². The zero-order valence-corrected chi connectivity index (χ0v) is 5.78. The summed E-state index contributed by atoms with van der Waals surface area (Å²) in [6.07, 6.45) is -0.809. The number of hydrogen-bond donors (Lipinski definition) is 1. The Bertz CT molecular complexity index is 176. The van der Waals surface area contributed by atoms with Crippen molar-refractivity contribution in [2.75, 3.05) is 13.2 Å². The fourth-order valence-corrected chi connectivity index (χ4v) is 0.861. The second kappa shape index (κ2) is 3.23. The standard InChI is InChI=1S/C6H8O5/c7-5-4(1-2-10-5)3-11-6(8)9/h4H,1-3H2,(H,8,9). The van der Waals surface area contributed by atoms with Crippen LogP contribution in [-0.4, -0.2) is 30.4 Å². The number of carbonyl (C=O) groups is 2. The van der Waals surface area contributed by atoms with Gasteiger partial charge in [0.15, 0.2) is 0 Å². The largest absolute Gasteiger partial charge is 0.505 e. The van der Waals surface area contributed by atoms with Gasteiger partial charge in [0.25, 0.3) is 0 Å². The first kappa shape index (κ1) is 7.84. The van der Waals surface area contributed by atoms with Crippen molar-refractivity contribution in [2.45, 2.75) is 6.42 Å². The highest BCUT2D eigenvalue weighted by molar-refractivity contribution is 5.74. The first-order valence-corrected chi connectivity index (χ1v) is 3.22. The van der Waals surface area contributed by atoms with E-state index in [-0.39, 0.29) is 12.6 Å². The van der Waals surface area contributed by atoms with Gasteiger partial charge in [-0.25, -0.2) is 4.79 Å². The van der Waals surface area contributed by atoms with Crippen LogP contribution in [0.4, 0.5) is 4.79 Å². The minimum absolute atomic E-state index is 0.0891. The Kier molecular flexibility index (Phi) is 2.30. The molecule has 0 bridgehead atoms. The summed E-state index contributed by atoms with van der Waals surface area (Å²) in [5.74, 6) is -0.766. The first-order valence-electron chi connectivity index (χ1n) is 3.22. The molecule has 0 saturated carbocycles. The molecule has 1 heterocycles. The molecule has 1 rings (SSSR count). The lowest BCUT2D eigenvalue weighted by Crippen LogP contribution is -2.16. The van der Waals surface area contributed by atoms with E-state index in [0.717, 1.165) is 0 Å². The maximum atomic E-state index is 10.7. The fourth-order valence-electron chi connectivity index (χ4n) is 0.861. The van der Waals surface area contributed by atoms with Gasteiger partial charge in [-0.15, -0.1) is 0 Å². The zero-order valence-electron chi connectivity index (χ0n) is 5.78. The van der Waals surface area contributed by atoms with Gasteiger partial charge >= 0.3 is 12.1 Å². The summed E-state index contributed by atoms with van der Waals surface area (Å²) in [5, 5.41) is 8.09. The molecule has 0 aliphatic carbocycles. The van der Waals surface area contributed by atoms with Crippen LogP contribution in [0.5, 0.6) is 0 Å². The summed E-state index contributed by atoms with van der Waals surface area (Å²) in [7, 11) is 0.